The third-order valence-electron chi connectivity index (χ3n) is 27.1. The number of para-hydroxylation sites is 10. The van der Waals surface area contributed by atoms with E-state index < -0.39 is 114 Å². The number of furan rings is 4. The highest BCUT2D eigenvalue weighted by Crippen LogP contribution is 2.59. The molecule has 0 N–H and O–H groups in total. The molecular weight excluding hydrogens is 1600 g/mol. The molecule has 25 aromatic rings. The van der Waals surface area contributed by atoms with E-state index in [1.54, 1.807) is 9.13 Å². The molecule has 8 nitrogen and oxygen atoms in total. The molecule has 2 aliphatic rings. The van der Waals surface area contributed by atoms with Crippen molar-refractivity contribution in [3.63, 3.8) is 0 Å². The lowest BCUT2D eigenvalue weighted by atomic mass is 9.33. The van der Waals surface area contributed by atoms with Crippen molar-refractivity contribution < 1.29 is 39.6 Å². The van der Waals surface area contributed by atoms with Gasteiger partial charge in [-0.05, 0) is 193 Å². The van der Waals surface area contributed by atoms with Crippen molar-refractivity contribution in [2.75, 3.05) is 9.80 Å². The molecule has 0 amide bonds. The van der Waals surface area contributed by atoms with E-state index in [0.29, 0.717) is 101 Å². The molecule has 0 radical (unpaired) electrons. The van der Waals surface area contributed by atoms with Crippen molar-refractivity contribution in [1.82, 2.24) is 9.13 Å². The van der Waals surface area contributed by atoms with Gasteiger partial charge in [-0.1, -0.05) is 308 Å². The van der Waals surface area contributed by atoms with Crippen molar-refractivity contribution in [2.24, 2.45) is 0 Å². The second-order valence-corrected chi connectivity index (χ2v) is 36.5. The molecule has 2 aliphatic heterocycles. The molecule has 27 rings (SSSR count). The first kappa shape index (κ1) is 60.3. The first-order valence-electron chi connectivity index (χ1n) is 52.1. The summed E-state index contributed by atoms with van der Waals surface area (Å²) in [4.78, 5) is 4.67. The van der Waals surface area contributed by atoms with Gasteiger partial charge >= 0.3 is 0 Å². The van der Waals surface area contributed by atoms with Gasteiger partial charge < -0.3 is 36.6 Å². The van der Waals surface area contributed by atoms with E-state index in [-0.39, 0.29) is 55.0 Å². The van der Waals surface area contributed by atoms with Gasteiger partial charge in [-0.15, -0.1) is 0 Å². The minimum Gasteiger partial charge on any atom is -0.456 e. The van der Waals surface area contributed by atoms with E-state index in [0.717, 1.165) is 115 Å². The fraction of sp³-hybridized carbons (Fsp3) is 0.0656. The van der Waals surface area contributed by atoms with Crippen LogP contribution in [0.2, 0.25) is 0 Å². The summed E-state index contributed by atoms with van der Waals surface area (Å²) in [6.45, 7) is 12.2. The van der Waals surface area contributed by atoms with Gasteiger partial charge in [0.05, 0.1) is 55.4 Å². The van der Waals surface area contributed by atoms with Crippen LogP contribution in [0.15, 0.2) is 412 Å². The number of hydrogen-bond donors (Lipinski definition) is 0. The Bertz CT molecular complexity index is 9620. The van der Waals surface area contributed by atoms with Gasteiger partial charge in [-0.2, -0.15) is 0 Å². The Kier molecular flexibility index (Phi) is 12.9. The van der Waals surface area contributed by atoms with Crippen LogP contribution in [0.4, 0.5) is 34.1 Å². The highest BCUT2D eigenvalue weighted by atomic mass is 16.3. The largest absolute Gasteiger partial charge is 0.456 e. The second-order valence-electron chi connectivity index (χ2n) is 36.5. The summed E-state index contributed by atoms with van der Waals surface area (Å²) < 4.78 is 188. The van der Waals surface area contributed by atoms with Crippen molar-refractivity contribution in [3.8, 4) is 78.1 Å². The van der Waals surface area contributed by atoms with Crippen molar-refractivity contribution in [1.29, 1.82) is 0 Å². The lowest BCUT2D eigenvalue weighted by Gasteiger charge is -2.46. The van der Waals surface area contributed by atoms with Gasteiger partial charge in [0.2, 0.25) is 0 Å². The van der Waals surface area contributed by atoms with Gasteiger partial charge in [-0.3, -0.25) is 0 Å². The average molecular weight is 1700 g/mol. The maximum Gasteiger partial charge on any atom is 0.252 e. The molecule has 0 saturated heterocycles. The lowest BCUT2D eigenvalue weighted by molar-refractivity contribution is 0.590. The van der Waals surface area contributed by atoms with Crippen LogP contribution in [-0.4, -0.2) is 15.8 Å². The Balaban J connectivity index is 0.894. The predicted molar refractivity (Wildman–Crippen MR) is 548 cm³/mol. The Morgan fingerprint density at radius 2 is 0.611 bits per heavy atom. The molecular formula is C122H83BN4O4. The number of fused-ring (bicyclic) bond motifs is 22. The number of aromatic nitrogens is 2. The summed E-state index contributed by atoms with van der Waals surface area (Å²) >= 11 is 0. The quantitative estimate of drug-likeness (QED) is 0.127. The van der Waals surface area contributed by atoms with Crippen LogP contribution in [0.1, 0.15) is 74.6 Å². The van der Waals surface area contributed by atoms with Gasteiger partial charge in [0.25, 0.3) is 6.71 Å². The van der Waals surface area contributed by atoms with Crippen LogP contribution in [0.3, 0.4) is 0 Å². The molecule has 0 saturated carbocycles. The zero-order valence-electron chi connectivity index (χ0n) is 87.8. The molecule has 8 heterocycles. The number of rotatable bonds is 10. The van der Waals surface area contributed by atoms with Crippen LogP contribution in [0.5, 0.6) is 0 Å². The summed E-state index contributed by atoms with van der Waals surface area (Å²) in [6, 6.07) is 92.1. The summed E-state index contributed by atoms with van der Waals surface area (Å²) in [6.07, 6.45) is 0. The Morgan fingerprint density at radius 1 is 0.252 bits per heavy atom. The van der Waals surface area contributed by atoms with Gasteiger partial charge in [0.1, 0.15) is 44.7 Å². The molecule has 0 spiro atoms. The van der Waals surface area contributed by atoms with Crippen LogP contribution < -0.4 is 26.2 Å². The van der Waals surface area contributed by atoms with E-state index in [4.69, 9.17) is 17.7 Å². The normalized spacial score (nSPS) is 14.6. The van der Waals surface area contributed by atoms with Gasteiger partial charge in [0.15, 0.2) is 0 Å². The summed E-state index contributed by atoms with van der Waals surface area (Å²) in [5.41, 5.74) is 20.4. The first-order chi connectivity index (χ1) is 70.9. The minimum atomic E-state index is -0.958. The van der Waals surface area contributed by atoms with E-state index in [2.05, 4.69) is 191 Å². The van der Waals surface area contributed by atoms with E-state index in [1.165, 1.54) is 0 Å². The summed E-state index contributed by atoms with van der Waals surface area (Å²) in [5.74, 6) is 0. The van der Waals surface area contributed by atoms with Crippen LogP contribution in [0, 0.1) is 0 Å². The summed E-state index contributed by atoms with van der Waals surface area (Å²) in [5, 5.41) is 6.37. The second kappa shape index (κ2) is 28.1. The summed E-state index contributed by atoms with van der Waals surface area (Å²) in [7, 11) is 0. The topological polar surface area (TPSA) is 68.9 Å². The maximum atomic E-state index is 10.2. The molecule has 6 aromatic heterocycles. The zero-order valence-corrected chi connectivity index (χ0v) is 71.8. The fourth-order valence-corrected chi connectivity index (χ4v) is 21.1. The van der Waals surface area contributed by atoms with Crippen LogP contribution in [-0.2, 0) is 10.8 Å². The fourth-order valence-electron chi connectivity index (χ4n) is 21.1. The Morgan fingerprint density at radius 3 is 1.06 bits per heavy atom. The molecule has 0 atom stereocenters. The molecule has 618 valence electrons. The highest BCUT2D eigenvalue weighted by molar-refractivity contribution is 7.00. The highest BCUT2D eigenvalue weighted by Gasteiger charge is 2.47. The molecule has 19 aromatic carbocycles. The minimum absolute atomic E-state index is 0.101. The molecule has 9 heteroatoms. The first-order valence-corrected chi connectivity index (χ1v) is 44.1. The van der Waals surface area contributed by atoms with Crippen LogP contribution >= 0.6 is 0 Å². The predicted octanol–water partition coefficient (Wildman–Crippen LogP) is 32.2. The van der Waals surface area contributed by atoms with Crippen LogP contribution in [0.25, 0.3) is 210 Å². The molecule has 131 heavy (non-hydrogen) atoms. The molecule has 0 bridgehead atoms. The monoisotopic (exact) mass is 1690 g/mol. The maximum absolute atomic E-state index is 10.2. The number of benzene rings is 19. The smallest absolute Gasteiger partial charge is 0.252 e. The molecule has 0 fully saturated rings. The van der Waals surface area contributed by atoms with Crippen molar-refractivity contribution >= 4 is 189 Å². The molecule has 0 aliphatic carbocycles. The molecule has 0 unspecified atom stereocenters. The van der Waals surface area contributed by atoms with Gasteiger partial charge in [-0.25, -0.2) is 0 Å². The Labute approximate surface area is 778 Å². The van der Waals surface area contributed by atoms with Gasteiger partial charge in [0, 0.05) is 138 Å². The van der Waals surface area contributed by atoms with Crippen molar-refractivity contribution in [3.05, 3.63) is 405 Å². The standard InChI is InChI=1S/C122H83BN4O4/c1-121(2,3)76-66-93(72-32-9-7-10-33-72)116(95(68-76)90-47-29-45-88-84-40-17-25-53-109(84)129-118(88)90)126-105-70-78(124-101-49-21-13-36-80(101)81-37-14-22-50-102(81)124)58-60-99(105)123-100-61-59-79(125-103-51-23-15-38-82(103)83-39-16-24-52-104(83)125)71-106(100)127(117-94(73-34-11-8-12-35-73)67-77(122(4,5)6)69-96(117)91-48-30-46-89-85-41-18-26-54-110(85)130-119(89)91)108-65-75(64-107(126)115(108)123)74-62-97-86-42-19-27-55-111(86)131-120(97)98(63-74)87-44-31-57-113-114(87)92-43-20-28-56-112(92)128-113/h7-71H,1-6H3/i13D,14D,15D,16D,21D,22D,23D,24D,36D,37D,38D,39D,49D,50D,51D,52D. The third-order valence-corrected chi connectivity index (χ3v) is 27.1. The average Bonchev–Trinajstić information content (AvgIpc) is 1.65. The van der Waals surface area contributed by atoms with Crippen molar-refractivity contribution in [2.45, 2.75) is 52.4 Å². The van der Waals surface area contributed by atoms with E-state index >= 15 is 0 Å². The van der Waals surface area contributed by atoms with E-state index in [9.17, 15) is 21.9 Å². The zero-order chi connectivity index (χ0) is 101. The lowest BCUT2D eigenvalue weighted by Crippen LogP contribution is -2.61. The number of anilines is 6. The number of hydrogen-bond acceptors (Lipinski definition) is 6. The number of nitrogens with zero attached hydrogens (tertiary/aromatic N) is 4. The Hall–Kier alpha value is -16.4. The SMILES string of the molecule is [2H]c1c([2H])c([2H])c2c(c1[2H])c1c([2H])c([2H])c([2H])c([2H])c1n2-c1ccc2c(c1)N(c1c(-c3ccccc3)cc(C(C)(C)C)cc1-c1cccc3c1oc1ccccc13)c1cc(-c3cc(-c4cccc5oc6ccccc6c45)c4oc5ccccc5c4c3)cc3c1B2c1ccc(-n2c4c([2H])c([2H])c([2H])c([2H])c4c4c([2H])c([2H])c([2H])c([2H])c42)cc1N3c1c(-c2ccccc2)cc(C(C)(C)C)cc1-c1cccc2c1oc1ccccc12. The van der Waals surface area contributed by atoms with E-state index in [1.807, 2.05) is 158 Å². The third kappa shape index (κ3) is 11.2.